The second-order valence-corrected chi connectivity index (χ2v) is 7.30. The molecule has 1 aromatic carbocycles. The van der Waals surface area contributed by atoms with Crippen molar-refractivity contribution in [2.24, 2.45) is 0 Å². The molecule has 0 radical (unpaired) electrons. The molecule has 27 heavy (non-hydrogen) atoms. The van der Waals surface area contributed by atoms with Crippen LogP contribution in [0.4, 0.5) is 10.2 Å². The van der Waals surface area contributed by atoms with Gasteiger partial charge in [0.05, 0.1) is 5.02 Å². The van der Waals surface area contributed by atoms with E-state index in [2.05, 4.69) is 21.7 Å². The van der Waals surface area contributed by atoms with Gasteiger partial charge in [-0.2, -0.15) is 0 Å². The molecule has 3 rings (SSSR count). The van der Waals surface area contributed by atoms with Crippen LogP contribution in [0.15, 0.2) is 30.3 Å². The van der Waals surface area contributed by atoms with Gasteiger partial charge in [0.15, 0.2) is 0 Å². The van der Waals surface area contributed by atoms with Gasteiger partial charge in [0, 0.05) is 23.3 Å². The predicted octanol–water partition coefficient (Wildman–Crippen LogP) is 5.07. The van der Waals surface area contributed by atoms with Crippen molar-refractivity contribution in [1.29, 1.82) is 0 Å². The van der Waals surface area contributed by atoms with Crippen molar-refractivity contribution < 1.29 is 9.18 Å². The molecule has 1 aliphatic rings. The van der Waals surface area contributed by atoms with E-state index in [1.54, 1.807) is 0 Å². The molecule has 0 spiro atoms. The smallest absolute Gasteiger partial charge is 0.251 e. The molecule has 0 aliphatic heterocycles. The predicted molar refractivity (Wildman–Crippen MR) is 110 cm³/mol. The Morgan fingerprint density at radius 1 is 1.11 bits per heavy atom. The van der Waals surface area contributed by atoms with Gasteiger partial charge in [-0.1, -0.05) is 17.7 Å². The molecule has 1 fully saturated rings. The minimum Gasteiger partial charge on any atom is -0.367 e. The Labute approximate surface area is 170 Å². The third-order valence-electron chi connectivity index (χ3n) is 4.95. The van der Waals surface area contributed by atoms with Crippen LogP contribution in [0.3, 0.4) is 0 Å². The number of halogens is 3. The van der Waals surface area contributed by atoms with Crippen molar-refractivity contribution in [3.63, 3.8) is 0 Å². The fraction of sp³-hybridized carbons (Fsp3) is 0.400. The third kappa shape index (κ3) is 5.56. The number of pyridine rings is 1. The zero-order valence-electron chi connectivity index (χ0n) is 15.4. The number of carbonyl (C=O) groups excluding carboxylic acids is 1. The molecule has 0 saturated heterocycles. The fourth-order valence-electron chi connectivity index (χ4n) is 3.21. The van der Waals surface area contributed by atoms with Gasteiger partial charge >= 0.3 is 0 Å². The summed E-state index contributed by atoms with van der Waals surface area (Å²) in [6.07, 6.45) is 3.71. The van der Waals surface area contributed by atoms with Crippen molar-refractivity contribution in [3.05, 3.63) is 58.0 Å². The van der Waals surface area contributed by atoms with Gasteiger partial charge in [-0.3, -0.25) is 4.79 Å². The first kappa shape index (κ1) is 21.5. The monoisotopic (exact) mass is 411 g/mol. The van der Waals surface area contributed by atoms with Gasteiger partial charge in [0.2, 0.25) is 0 Å². The lowest BCUT2D eigenvalue weighted by Gasteiger charge is -2.30. The van der Waals surface area contributed by atoms with Crippen LogP contribution in [0.5, 0.6) is 0 Å². The average Bonchev–Trinajstić information content (AvgIpc) is 2.62. The summed E-state index contributed by atoms with van der Waals surface area (Å²) in [5.74, 6) is 0.176. The molecule has 0 unspecified atom stereocenters. The Morgan fingerprint density at radius 2 is 1.78 bits per heavy atom. The second kappa shape index (κ2) is 9.38. The first-order chi connectivity index (χ1) is 12.4. The van der Waals surface area contributed by atoms with Gasteiger partial charge in [-0.15, -0.1) is 12.4 Å². The van der Waals surface area contributed by atoms with Gasteiger partial charge < -0.3 is 10.6 Å². The molecule has 7 heteroatoms. The van der Waals surface area contributed by atoms with Gasteiger partial charge in [-0.25, -0.2) is 9.37 Å². The van der Waals surface area contributed by atoms with Gasteiger partial charge in [0.25, 0.3) is 5.91 Å². The first-order valence-corrected chi connectivity index (χ1v) is 9.27. The lowest BCUT2D eigenvalue weighted by Crippen LogP contribution is -2.40. The molecule has 2 aromatic rings. The van der Waals surface area contributed by atoms with E-state index in [9.17, 15) is 9.18 Å². The quantitative estimate of drug-likeness (QED) is 0.738. The van der Waals surface area contributed by atoms with Gasteiger partial charge in [0.1, 0.15) is 11.6 Å². The normalized spacial score (nSPS) is 19.1. The summed E-state index contributed by atoms with van der Waals surface area (Å²) in [5.41, 5.74) is 2.60. The molecule has 1 amide bonds. The van der Waals surface area contributed by atoms with Crippen LogP contribution in [-0.4, -0.2) is 23.0 Å². The number of rotatable bonds is 4. The number of amides is 1. The van der Waals surface area contributed by atoms with Crippen molar-refractivity contribution in [1.82, 2.24) is 10.3 Å². The highest BCUT2D eigenvalue weighted by Gasteiger charge is 2.23. The highest BCUT2D eigenvalue weighted by Crippen LogP contribution is 2.23. The number of hydrogen-bond donors (Lipinski definition) is 2. The molecule has 1 saturated carbocycles. The summed E-state index contributed by atoms with van der Waals surface area (Å²) >= 11 is 5.75. The van der Waals surface area contributed by atoms with Crippen molar-refractivity contribution in [3.8, 4) is 0 Å². The lowest BCUT2D eigenvalue weighted by molar-refractivity contribution is 0.0926. The fourth-order valence-corrected chi connectivity index (χ4v) is 3.39. The number of aromatic nitrogens is 1. The minimum atomic E-state index is -0.519. The standard InChI is InChI=1S/C20H23ClFN3O.ClH/c1-12-3-10-19(23-13(12)2)24-15-5-7-16(8-6-15)25-20(26)14-4-9-18(22)17(21)11-14;/h3-4,9-11,15-16H,5-8H2,1-2H3,(H,23,24)(H,25,26);1H. The summed E-state index contributed by atoms with van der Waals surface area (Å²) in [6.45, 7) is 4.06. The molecular formula is C20H24Cl2FN3O. The highest BCUT2D eigenvalue weighted by molar-refractivity contribution is 6.31. The highest BCUT2D eigenvalue weighted by atomic mass is 35.5. The van der Waals surface area contributed by atoms with Crippen molar-refractivity contribution in [2.75, 3.05) is 5.32 Å². The van der Waals surface area contributed by atoms with Gasteiger partial charge in [-0.05, 0) is 69.4 Å². The maximum absolute atomic E-state index is 13.2. The maximum atomic E-state index is 13.2. The summed E-state index contributed by atoms with van der Waals surface area (Å²) in [6, 6.07) is 8.60. The Kier molecular flexibility index (Phi) is 7.45. The molecule has 4 nitrogen and oxygen atoms in total. The van der Waals surface area contributed by atoms with Crippen LogP contribution in [0.2, 0.25) is 5.02 Å². The average molecular weight is 412 g/mol. The van der Waals surface area contributed by atoms with Crippen LogP contribution in [0.1, 0.15) is 47.3 Å². The zero-order valence-corrected chi connectivity index (χ0v) is 17.0. The molecule has 1 aromatic heterocycles. The Hall–Kier alpha value is -1.85. The Balaban J connectivity index is 0.00000261. The number of hydrogen-bond acceptors (Lipinski definition) is 3. The van der Waals surface area contributed by atoms with Crippen molar-refractivity contribution >= 4 is 35.7 Å². The van der Waals surface area contributed by atoms with Crippen LogP contribution in [0, 0.1) is 19.7 Å². The van der Waals surface area contributed by atoms with E-state index in [1.165, 1.54) is 23.8 Å². The summed E-state index contributed by atoms with van der Waals surface area (Å²) in [7, 11) is 0. The second-order valence-electron chi connectivity index (χ2n) is 6.89. The number of anilines is 1. The van der Waals surface area contributed by atoms with E-state index in [-0.39, 0.29) is 29.4 Å². The van der Waals surface area contributed by atoms with Crippen LogP contribution >= 0.6 is 24.0 Å². The lowest BCUT2D eigenvalue weighted by atomic mass is 9.91. The van der Waals surface area contributed by atoms with E-state index in [1.807, 2.05) is 19.9 Å². The molecule has 2 N–H and O–H groups in total. The van der Waals surface area contributed by atoms with E-state index in [4.69, 9.17) is 11.6 Å². The summed E-state index contributed by atoms with van der Waals surface area (Å²) in [4.78, 5) is 16.9. The topological polar surface area (TPSA) is 54.0 Å². The van der Waals surface area contributed by atoms with E-state index in [0.717, 1.165) is 37.2 Å². The van der Waals surface area contributed by atoms with E-state index in [0.29, 0.717) is 11.6 Å². The number of carbonyl (C=O) groups is 1. The van der Waals surface area contributed by atoms with Crippen LogP contribution in [0.25, 0.3) is 0 Å². The number of benzene rings is 1. The molecular weight excluding hydrogens is 388 g/mol. The molecule has 1 heterocycles. The summed E-state index contributed by atoms with van der Waals surface area (Å²) < 4.78 is 13.2. The largest absolute Gasteiger partial charge is 0.367 e. The summed E-state index contributed by atoms with van der Waals surface area (Å²) in [5, 5.41) is 6.47. The number of nitrogens with one attached hydrogen (secondary N) is 2. The first-order valence-electron chi connectivity index (χ1n) is 8.89. The molecule has 146 valence electrons. The number of aryl methyl sites for hydroxylation is 2. The Morgan fingerprint density at radius 3 is 2.41 bits per heavy atom. The molecule has 0 atom stereocenters. The van der Waals surface area contributed by atoms with E-state index < -0.39 is 5.82 Å². The zero-order chi connectivity index (χ0) is 18.7. The SMILES string of the molecule is Cc1ccc(NC2CCC(NC(=O)c3ccc(F)c(Cl)c3)CC2)nc1C.Cl. The molecule has 1 aliphatic carbocycles. The third-order valence-corrected chi connectivity index (χ3v) is 5.24. The number of nitrogens with zero attached hydrogens (tertiary/aromatic N) is 1. The van der Waals surface area contributed by atoms with E-state index >= 15 is 0 Å². The molecule has 0 bridgehead atoms. The minimum absolute atomic E-state index is 0. The van der Waals surface area contributed by atoms with Crippen molar-refractivity contribution in [2.45, 2.75) is 51.6 Å². The van der Waals surface area contributed by atoms with Crippen LogP contribution in [-0.2, 0) is 0 Å². The maximum Gasteiger partial charge on any atom is 0.251 e. The Bertz CT molecular complexity index is 808. The van der Waals surface area contributed by atoms with Crippen LogP contribution < -0.4 is 10.6 Å².